The van der Waals surface area contributed by atoms with Gasteiger partial charge in [-0.3, -0.25) is 20.6 Å². The molecule has 1 amide bonds. The van der Waals surface area contributed by atoms with E-state index in [1.165, 1.54) is 6.20 Å². The summed E-state index contributed by atoms with van der Waals surface area (Å²) < 4.78 is 63.5. The number of nitrogens with two attached hydrogens (primary N) is 1. The van der Waals surface area contributed by atoms with Gasteiger partial charge < -0.3 is 26.6 Å². The first-order valence-electron chi connectivity index (χ1n) is 12.4. The lowest BCUT2D eigenvalue weighted by Crippen LogP contribution is -2.50. The molecule has 1 aromatic carbocycles. The van der Waals surface area contributed by atoms with E-state index in [9.17, 15) is 31.1 Å². The van der Waals surface area contributed by atoms with Crippen molar-refractivity contribution in [3.05, 3.63) is 41.7 Å². The van der Waals surface area contributed by atoms with E-state index in [-0.39, 0.29) is 29.9 Å². The van der Waals surface area contributed by atoms with Gasteiger partial charge in [0.15, 0.2) is 5.96 Å². The van der Waals surface area contributed by atoms with Crippen LogP contribution in [0.4, 0.5) is 38.1 Å². The fourth-order valence-electron chi connectivity index (χ4n) is 3.81. The van der Waals surface area contributed by atoms with Crippen molar-refractivity contribution in [2.75, 3.05) is 10.6 Å². The Morgan fingerprint density at radius 1 is 0.977 bits per heavy atom. The van der Waals surface area contributed by atoms with Gasteiger partial charge in [-0.1, -0.05) is 24.5 Å². The largest absolute Gasteiger partial charge is 0.490 e. The summed E-state index contributed by atoms with van der Waals surface area (Å²) in [5, 5.41) is 38.5. The molecule has 2 aromatic heterocycles. The molecule has 240 valence electrons. The molecule has 44 heavy (non-hydrogen) atoms. The predicted molar refractivity (Wildman–Crippen MR) is 143 cm³/mol. The summed E-state index contributed by atoms with van der Waals surface area (Å²) in [4.78, 5) is 39.3. The van der Waals surface area contributed by atoms with Gasteiger partial charge in [0, 0.05) is 23.7 Å². The minimum atomic E-state index is -5.08. The molecule has 0 saturated heterocycles. The highest BCUT2D eigenvalue weighted by atomic mass is 19.4. The first-order valence-corrected chi connectivity index (χ1v) is 12.4. The van der Waals surface area contributed by atoms with Gasteiger partial charge in [0.1, 0.15) is 11.5 Å². The second kappa shape index (κ2) is 14.8. The highest BCUT2D eigenvalue weighted by molar-refractivity contribution is 6.02. The highest BCUT2D eigenvalue weighted by Gasteiger charge is 2.39. The average molecular weight is 636 g/mol. The lowest BCUT2D eigenvalue weighted by atomic mass is 9.90. The zero-order valence-corrected chi connectivity index (χ0v) is 22.7. The maximum Gasteiger partial charge on any atom is 0.490 e. The number of hydrogen-bond acceptors (Lipinski definition) is 8. The second-order valence-electron chi connectivity index (χ2n) is 9.15. The van der Waals surface area contributed by atoms with Crippen molar-refractivity contribution in [1.29, 1.82) is 5.41 Å². The third-order valence-electron chi connectivity index (χ3n) is 5.74. The van der Waals surface area contributed by atoms with Crippen molar-refractivity contribution in [3.63, 3.8) is 0 Å². The fraction of sp³-hybridized carbons (Fsp3) is 0.375. The van der Waals surface area contributed by atoms with Crippen LogP contribution < -0.4 is 21.7 Å². The number of carboxylic acids is 2. The van der Waals surface area contributed by atoms with Crippen molar-refractivity contribution >= 4 is 46.5 Å². The van der Waals surface area contributed by atoms with E-state index in [0.29, 0.717) is 11.5 Å². The number of aromatic amines is 1. The Morgan fingerprint density at radius 2 is 1.55 bits per heavy atom. The monoisotopic (exact) mass is 635 g/mol. The number of aromatic nitrogens is 4. The number of carbonyl (C=O) groups excluding carboxylic acids is 1. The summed E-state index contributed by atoms with van der Waals surface area (Å²) in [6.45, 7) is 2.01. The van der Waals surface area contributed by atoms with Crippen molar-refractivity contribution in [2.24, 2.45) is 5.73 Å². The number of aliphatic carboxylic acids is 2. The van der Waals surface area contributed by atoms with Crippen LogP contribution in [0.2, 0.25) is 0 Å². The van der Waals surface area contributed by atoms with Crippen LogP contribution in [-0.4, -0.2) is 78.6 Å². The molecule has 20 heteroatoms. The Labute approximate surface area is 243 Å². The van der Waals surface area contributed by atoms with E-state index in [2.05, 4.69) is 36.1 Å². The van der Waals surface area contributed by atoms with Gasteiger partial charge in [-0.15, -0.1) is 0 Å². The second-order valence-corrected chi connectivity index (χ2v) is 9.15. The topological polar surface area (TPSA) is 232 Å². The molecule has 9 N–H and O–H groups in total. The molecule has 0 spiro atoms. The smallest absolute Gasteiger partial charge is 0.475 e. The van der Waals surface area contributed by atoms with Gasteiger partial charge in [-0.05, 0) is 38.0 Å². The minimum absolute atomic E-state index is 0.0362. The standard InChI is InChI=1S/C20H25N9O.2C2HF3O2/c1-11-6-7-13-12(10-11)17(24-14-4-2-3-5-15(14)25-19(21)22)27-20(26-13)28-18(30)16-8-9-23-29-16;2*3-2(4,5)1(6)7/h6-10,14-15H,2-5H2,1H3,(H,23,29)(H4,21,22,25)(H2,24,26,27,28,30);2*(H,6,7). The first-order chi connectivity index (χ1) is 20.4. The lowest BCUT2D eigenvalue weighted by molar-refractivity contribution is -0.193. The summed E-state index contributed by atoms with van der Waals surface area (Å²) in [5.41, 5.74) is 7.72. The van der Waals surface area contributed by atoms with Crippen LogP contribution in [0.3, 0.4) is 0 Å². The van der Waals surface area contributed by atoms with Crippen LogP contribution >= 0.6 is 0 Å². The highest BCUT2D eigenvalue weighted by Crippen LogP contribution is 2.28. The Balaban J connectivity index is 0.000000402. The van der Waals surface area contributed by atoms with Gasteiger partial charge in [-0.25, -0.2) is 14.6 Å². The molecule has 3 aromatic rings. The number of hydrogen-bond donors (Lipinski definition) is 8. The van der Waals surface area contributed by atoms with Gasteiger partial charge in [-0.2, -0.15) is 36.4 Å². The molecule has 1 saturated carbocycles. The van der Waals surface area contributed by atoms with Crippen LogP contribution in [0.25, 0.3) is 10.9 Å². The minimum Gasteiger partial charge on any atom is -0.475 e. The quantitative estimate of drug-likeness (QED) is 0.115. The number of aryl methyl sites for hydroxylation is 1. The van der Waals surface area contributed by atoms with Crippen LogP contribution in [0.5, 0.6) is 0 Å². The first kappa shape index (κ1) is 35.0. The van der Waals surface area contributed by atoms with Gasteiger partial charge in [0.25, 0.3) is 5.91 Å². The van der Waals surface area contributed by atoms with Gasteiger partial charge in [0.05, 0.1) is 5.52 Å². The van der Waals surface area contributed by atoms with E-state index in [4.69, 9.17) is 30.9 Å². The van der Waals surface area contributed by atoms with E-state index >= 15 is 0 Å². The third kappa shape index (κ3) is 10.9. The molecular weight excluding hydrogens is 608 g/mol. The number of benzene rings is 1. The van der Waals surface area contributed by atoms with Gasteiger partial charge in [0.2, 0.25) is 5.95 Å². The maximum atomic E-state index is 12.4. The molecular formula is C24H27F6N9O5. The Bertz CT molecular complexity index is 1440. The zero-order chi connectivity index (χ0) is 33.2. The van der Waals surface area contributed by atoms with Crippen LogP contribution in [0.15, 0.2) is 30.5 Å². The fourth-order valence-corrected chi connectivity index (χ4v) is 3.81. The van der Waals surface area contributed by atoms with Crippen LogP contribution in [0, 0.1) is 12.3 Å². The number of anilines is 2. The SMILES string of the molecule is Cc1ccc2nc(NC(=O)c3ccn[nH]3)nc(NC3CCCCC3NC(=N)N)c2c1.O=C(O)C(F)(F)F.O=C(O)C(F)(F)F. The molecule has 4 rings (SSSR count). The van der Waals surface area contributed by atoms with E-state index in [1.807, 2.05) is 25.1 Å². The molecule has 1 aliphatic carbocycles. The number of nitrogens with one attached hydrogen (secondary N) is 5. The number of fused-ring (bicyclic) bond motifs is 1. The maximum absolute atomic E-state index is 12.4. The number of carbonyl (C=O) groups is 3. The molecule has 2 atom stereocenters. The molecule has 1 aliphatic rings. The molecule has 0 radical (unpaired) electrons. The number of guanidine groups is 1. The molecule has 0 aliphatic heterocycles. The molecule has 0 bridgehead atoms. The summed E-state index contributed by atoms with van der Waals surface area (Å²) in [5.74, 6) is -5.06. The van der Waals surface area contributed by atoms with Crippen molar-refractivity contribution in [1.82, 2.24) is 25.5 Å². The Hall–Kier alpha value is -5.17. The molecule has 14 nitrogen and oxygen atoms in total. The number of rotatable bonds is 5. The predicted octanol–water partition coefficient (Wildman–Crippen LogP) is 3.39. The van der Waals surface area contributed by atoms with Crippen molar-refractivity contribution in [2.45, 2.75) is 57.0 Å². The average Bonchev–Trinajstić information content (AvgIpc) is 3.45. The number of alkyl halides is 6. The normalized spacial score (nSPS) is 16.3. The summed E-state index contributed by atoms with van der Waals surface area (Å²) in [7, 11) is 0. The summed E-state index contributed by atoms with van der Waals surface area (Å²) in [6, 6.07) is 7.58. The van der Waals surface area contributed by atoms with Crippen LogP contribution in [-0.2, 0) is 9.59 Å². The molecule has 1 fully saturated rings. The van der Waals surface area contributed by atoms with E-state index < -0.39 is 24.3 Å². The number of H-pyrrole nitrogens is 1. The molecule has 2 unspecified atom stereocenters. The summed E-state index contributed by atoms with van der Waals surface area (Å²) >= 11 is 0. The third-order valence-corrected chi connectivity index (χ3v) is 5.74. The van der Waals surface area contributed by atoms with Crippen LogP contribution in [0.1, 0.15) is 41.7 Å². The number of amides is 1. The summed E-state index contributed by atoms with van der Waals surface area (Å²) in [6.07, 6.45) is -4.64. The van der Waals surface area contributed by atoms with E-state index in [1.54, 1.807) is 6.07 Å². The number of carboxylic acid groups (broad SMARTS) is 2. The number of halogens is 6. The Morgan fingerprint density at radius 3 is 2.05 bits per heavy atom. The molecule has 2 heterocycles. The van der Waals surface area contributed by atoms with Crippen molar-refractivity contribution < 1.29 is 50.9 Å². The van der Waals surface area contributed by atoms with E-state index in [0.717, 1.165) is 42.1 Å². The zero-order valence-electron chi connectivity index (χ0n) is 22.7. The van der Waals surface area contributed by atoms with Gasteiger partial charge >= 0.3 is 24.3 Å². The number of nitrogens with zero attached hydrogens (tertiary/aromatic N) is 3. The Kier molecular flexibility index (Phi) is 11.8. The lowest BCUT2D eigenvalue weighted by Gasteiger charge is -2.33. The van der Waals surface area contributed by atoms with Crippen molar-refractivity contribution in [3.8, 4) is 0 Å².